The van der Waals surface area contributed by atoms with Crippen LogP contribution in [0.3, 0.4) is 0 Å². The summed E-state index contributed by atoms with van der Waals surface area (Å²) in [6.45, 7) is 9.60. The number of rotatable bonds is 8. The summed E-state index contributed by atoms with van der Waals surface area (Å²) < 4.78 is 2.05. The smallest absolute Gasteiger partial charge is 0.0522 e. The molecule has 0 saturated carbocycles. The molecule has 0 aliphatic rings. The van der Waals surface area contributed by atoms with Crippen LogP contribution in [0.5, 0.6) is 0 Å². The van der Waals surface area contributed by atoms with Crippen LogP contribution in [-0.4, -0.2) is 41.4 Å². The Morgan fingerprint density at radius 3 is 2.67 bits per heavy atom. The number of hydrogen-bond donors (Lipinski definition) is 1. The van der Waals surface area contributed by atoms with Gasteiger partial charge in [0.2, 0.25) is 0 Å². The van der Waals surface area contributed by atoms with E-state index >= 15 is 0 Å². The third-order valence-electron chi connectivity index (χ3n) is 3.02. The molecule has 0 saturated heterocycles. The minimum Gasteiger partial charge on any atom is -0.308 e. The largest absolute Gasteiger partial charge is 0.308 e. The first kappa shape index (κ1) is 15.2. The molecule has 0 aliphatic heterocycles. The van der Waals surface area contributed by atoms with E-state index in [0.717, 1.165) is 25.6 Å². The van der Waals surface area contributed by atoms with Gasteiger partial charge in [-0.25, -0.2) is 0 Å². The molecule has 4 nitrogen and oxygen atoms in total. The number of hydrogen-bond acceptors (Lipinski definition) is 3. The van der Waals surface area contributed by atoms with Crippen molar-refractivity contribution in [2.75, 3.05) is 20.6 Å². The number of aromatic nitrogens is 2. The standard InChI is InChI=1S/C14H28N4/c1-6-18-14(7-8-16-18)10-15-13(9-12(2)3)11-17(4)5/h7-8,12-13,15H,6,9-11H2,1-5H3. The van der Waals surface area contributed by atoms with Crippen LogP contribution in [0.25, 0.3) is 0 Å². The van der Waals surface area contributed by atoms with E-state index in [1.807, 2.05) is 6.20 Å². The van der Waals surface area contributed by atoms with Crippen LogP contribution in [0.4, 0.5) is 0 Å². The molecule has 1 aromatic rings. The first-order valence-corrected chi connectivity index (χ1v) is 6.91. The first-order valence-electron chi connectivity index (χ1n) is 6.91. The number of nitrogens with one attached hydrogen (secondary N) is 1. The van der Waals surface area contributed by atoms with E-state index in [0.29, 0.717) is 6.04 Å². The molecule has 0 aromatic carbocycles. The van der Waals surface area contributed by atoms with E-state index in [9.17, 15) is 0 Å². The van der Waals surface area contributed by atoms with E-state index in [4.69, 9.17) is 0 Å². The van der Waals surface area contributed by atoms with Crippen molar-refractivity contribution in [2.24, 2.45) is 5.92 Å². The Kier molecular flexibility index (Phi) is 6.36. The molecule has 1 unspecified atom stereocenters. The highest BCUT2D eigenvalue weighted by Gasteiger charge is 2.12. The van der Waals surface area contributed by atoms with Gasteiger partial charge in [-0.15, -0.1) is 0 Å². The third-order valence-corrected chi connectivity index (χ3v) is 3.02. The first-order chi connectivity index (χ1) is 8.52. The van der Waals surface area contributed by atoms with Crippen molar-refractivity contribution in [2.45, 2.75) is 46.3 Å². The van der Waals surface area contributed by atoms with Gasteiger partial charge in [-0.1, -0.05) is 13.8 Å². The van der Waals surface area contributed by atoms with Gasteiger partial charge >= 0.3 is 0 Å². The lowest BCUT2D eigenvalue weighted by molar-refractivity contribution is 0.303. The average molecular weight is 252 g/mol. The van der Waals surface area contributed by atoms with E-state index in [1.54, 1.807) is 0 Å². The van der Waals surface area contributed by atoms with Crippen molar-refractivity contribution in [3.63, 3.8) is 0 Å². The van der Waals surface area contributed by atoms with Gasteiger partial charge in [0.1, 0.15) is 0 Å². The van der Waals surface area contributed by atoms with Crippen LogP contribution in [0.15, 0.2) is 12.3 Å². The lowest BCUT2D eigenvalue weighted by Gasteiger charge is -2.24. The normalized spacial score (nSPS) is 13.5. The highest BCUT2D eigenvalue weighted by Crippen LogP contribution is 2.07. The fraction of sp³-hybridized carbons (Fsp3) is 0.786. The maximum atomic E-state index is 4.30. The van der Waals surface area contributed by atoms with Crippen molar-refractivity contribution < 1.29 is 0 Å². The molecule has 4 heteroatoms. The van der Waals surface area contributed by atoms with E-state index in [2.05, 4.69) is 60.9 Å². The van der Waals surface area contributed by atoms with Crippen LogP contribution in [0.1, 0.15) is 32.9 Å². The number of likely N-dealkylation sites (N-methyl/N-ethyl adjacent to an activating group) is 1. The summed E-state index contributed by atoms with van der Waals surface area (Å²) in [6.07, 6.45) is 3.09. The van der Waals surface area contributed by atoms with Gasteiger partial charge < -0.3 is 10.2 Å². The summed E-state index contributed by atoms with van der Waals surface area (Å²) in [4.78, 5) is 2.25. The van der Waals surface area contributed by atoms with Gasteiger partial charge in [-0.2, -0.15) is 5.10 Å². The Bertz CT molecular complexity index is 320. The lowest BCUT2D eigenvalue weighted by Crippen LogP contribution is -2.39. The number of nitrogens with zero attached hydrogens (tertiary/aromatic N) is 3. The van der Waals surface area contributed by atoms with Crippen molar-refractivity contribution in [3.05, 3.63) is 18.0 Å². The molecule has 0 aliphatic carbocycles. The molecule has 104 valence electrons. The third kappa shape index (κ3) is 5.19. The zero-order valence-corrected chi connectivity index (χ0v) is 12.5. The Labute approximate surface area is 111 Å². The van der Waals surface area contributed by atoms with E-state index in [-0.39, 0.29) is 0 Å². The second kappa shape index (κ2) is 7.54. The minimum absolute atomic E-state index is 0.542. The highest BCUT2D eigenvalue weighted by molar-refractivity contribution is 5.00. The molecule has 18 heavy (non-hydrogen) atoms. The van der Waals surface area contributed by atoms with Crippen LogP contribution in [-0.2, 0) is 13.1 Å². The van der Waals surface area contributed by atoms with Crippen molar-refractivity contribution in [3.8, 4) is 0 Å². The van der Waals surface area contributed by atoms with Crippen LogP contribution in [0, 0.1) is 5.92 Å². The van der Waals surface area contributed by atoms with Crippen LogP contribution >= 0.6 is 0 Å². The number of aryl methyl sites for hydroxylation is 1. The maximum Gasteiger partial charge on any atom is 0.0522 e. The zero-order chi connectivity index (χ0) is 13.5. The predicted molar refractivity (Wildman–Crippen MR) is 76.5 cm³/mol. The molecular weight excluding hydrogens is 224 g/mol. The molecule has 1 heterocycles. The van der Waals surface area contributed by atoms with Gasteiger partial charge in [-0.3, -0.25) is 4.68 Å². The van der Waals surface area contributed by atoms with Gasteiger partial charge in [0, 0.05) is 31.9 Å². The molecule has 0 radical (unpaired) electrons. The summed E-state index contributed by atoms with van der Waals surface area (Å²) in [5.74, 6) is 0.721. The Morgan fingerprint density at radius 2 is 2.11 bits per heavy atom. The summed E-state index contributed by atoms with van der Waals surface area (Å²) in [6, 6.07) is 2.64. The fourth-order valence-electron chi connectivity index (χ4n) is 2.28. The van der Waals surface area contributed by atoms with E-state index < -0.39 is 0 Å². The van der Waals surface area contributed by atoms with Crippen molar-refractivity contribution in [1.82, 2.24) is 20.0 Å². The average Bonchev–Trinajstić information content (AvgIpc) is 2.71. The molecule has 1 atom stereocenters. The molecule has 0 amide bonds. The zero-order valence-electron chi connectivity index (χ0n) is 12.5. The summed E-state index contributed by atoms with van der Waals surface area (Å²) >= 11 is 0. The predicted octanol–water partition coefficient (Wildman–Crippen LogP) is 1.97. The second-order valence-electron chi connectivity index (χ2n) is 5.61. The Hall–Kier alpha value is -0.870. The van der Waals surface area contributed by atoms with Crippen LogP contribution < -0.4 is 5.32 Å². The summed E-state index contributed by atoms with van der Waals surface area (Å²) in [5, 5.41) is 7.96. The highest BCUT2D eigenvalue weighted by atomic mass is 15.3. The minimum atomic E-state index is 0.542. The van der Waals surface area contributed by atoms with Gasteiger partial charge in [0.15, 0.2) is 0 Å². The van der Waals surface area contributed by atoms with Gasteiger partial charge in [-0.05, 0) is 39.4 Å². The Balaban J connectivity index is 2.50. The summed E-state index contributed by atoms with van der Waals surface area (Å²) in [5.41, 5.74) is 1.27. The Morgan fingerprint density at radius 1 is 1.39 bits per heavy atom. The van der Waals surface area contributed by atoms with Crippen LogP contribution in [0.2, 0.25) is 0 Å². The molecule has 1 N–H and O–H groups in total. The second-order valence-corrected chi connectivity index (χ2v) is 5.61. The molecular formula is C14H28N4. The van der Waals surface area contributed by atoms with Gasteiger partial charge in [0.05, 0.1) is 5.69 Å². The SMILES string of the molecule is CCn1nccc1CNC(CC(C)C)CN(C)C. The molecule has 0 fully saturated rings. The molecule has 0 bridgehead atoms. The summed E-state index contributed by atoms with van der Waals surface area (Å²) in [7, 11) is 4.26. The van der Waals surface area contributed by atoms with Gasteiger partial charge in [0.25, 0.3) is 0 Å². The maximum absolute atomic E-state index is 4.30. The van der Waals surface area contributed by atoms with Crippen molar-refractivity contribution in [1.29, 1.82) is 0 Å². The van der Waals surface area contributed by atoms with Crippen molar-refractivity contribution >= 4 is 0 Å². The monoisotopic (exact) mass is 252 g/mol. The topological polar surface area (TPSA) is 33.1 Å². The molecule has 1 aromatic heterocycles. The molecule has 0 spiro atoms. The van der Waals surface area contributed by atoms with E-state index in [1.165, 1.54) is 12.1 Å². The quantitative estimate of drug-likeness (QED) is 0.768. The lowest BCUT2D eigenvalue weighted by atomic mass is 10.0. The molecule has 1 rings (SSSR count). The fourth-order valence-corrected chi connectivity index (χ4v) is 2.28.